The Morgan fingerprint density at radius 3 is 2.60 bits per heavy atom. The molecule has 108 valence electrons. The molecule has 2 heterocycles. The van der Waals surface area contributed by atoms with Gasteiger partial charge < -0.3 is 20.9 Å². The van der Waals surface area contributed by atoms with Crippen molar-refractivity contribution in [3.05, 3.63) is 37.6 Å². The molecule has 1 aromatic rings. The number of nitrogens with zero attached hydrogens (tertiary/aromatic N) is 2. The maximum atomic E-state index is 4.43. The molecule has 0 radical (unpaired) electrons. The van der Waals surface area contributed by atoms with Gasteiger partial charge in [0.25, 0.3) is 0 Å². The number of aromatic nitrogens is 1. The van der Waals surface area contributed by atoms with E-state index in [1.54, 1.807) is 0 Å². The van der Waals surface area contributed by atoms with E-state index >= 15 is 0 Å². The Hall–Kier alpha value is -2.01. The molecular weight excluding hydrogens is 250 g/mol. The first kappa shape index (κ1) is 14.4. The molecule has 1 aliphatic heterocycles. The van der Waals surface area contributed by atoms with E-state index in [-0.39, 0.29) is 0 Å². The summed E-state index contributed by atoms with van der Waals surface area (Å²) < 4.78 is 0. The predicted molar refractivity (Wildman–Crippen MR) is 86.7 cm³/mol. The number of hydrogen-bond acceptors (Lipinski definition) is 5. The fourth-order valence-electron chi connectivity index (χ4n) is 2.20. The number of pyridine rings is 1. The molecule has 5 nitrogen and oxygen atoms in total. The van der Waals surface area contributed by atoms with E-state index in [1.807, 2.05) is 18.3 Å². The summed E-state index contributed by atoms with van der Waals surface area (Å²) in [5.41, 5.74) is 2.24. The van der Waals surface area contributed by atoms with Gasteiger partial charge in [0.05, 0.1) is 17.6 Å². The minimum Gasteiger partial charge on any atom is -0.379 e. The van der Waals surface area contributed by atoms with E-state index in [2.05, 4.69) is 45.1 Å². The summed E-state index contributed by atoms with van der Waals surface area (Å²) in [5.74, 6) is 0.877. The van der Waals surface area contributed by atoms with Gasteiger partial charge >= 0.3 is 0 Å². The predicted octanol–water partition coefficient (Wildman–Crippen LogP) is 1.69. The first-order chi connectivity index (χ1) is 9.85. The highest BCUT2D eigenvalue weighted by atomic mass is 15.2. The molecule has 0 spiro atoms. The van der Waals surface area contributed by atoms with Crippen molar-refractivity contribution < 1.29 is 0 Å². The van der Waals surface area contributed by atoms with Crippen LogP contribution in [0, 0.1) is 0 Å². The molecular formula is C15H23N5. The third-order valence-corrected chi connectivity index (χ3v) is 3.20. The summed E-state index contributed by atoms with van der Waals surface area (Å²) in [5, 5.41) is 9.96. The lowest BCUT2D eigenvalue weighted by Crippen LogP contribution is -2.43. The molecule has 1 fully saturated rings. The number of anilines is 3. The minimum absolute atomic E-state index is 0.716. The Kier molecular flexibility index (Phi) is 5.43. The summed E-state index contributed by atoms with van der Waals surface area (Å²) in [4.78, 5) is 6.80. The van der Waals surface area contributed by atoms with Crippen molar-refractivity contribution in [3.63, 3.8) is 0 Å². The third-order valence-electron chi connectivity index (χ3n) is 3.20. The second kappa shape index (κ2) is 7.55. The highest BCUT2D eigenvalue weighted by Gasteiger charge is 2.15. The molecule has 0 atom stereocenters. The van der Waals surface area contributed by atoms with Crippen LogP contribution in [0.1, 0.15) is 0 Å². The highest BCUT2D eigenvalue weighted by Crippen LogP contribution is 2.28. The highest BCUT2D eigenvalue weighted by molar-refractivity contribution is 5.72. The van der Waals surface area contributed by atoms with Gasteiger partial charge in [0.1, 0.15) is 5.82 Å². The lowest BCUT2D eigenvalue weighted by atomic mass is 10.2. The van der Waals surface area contributed by atoms with E-state index in [1.165, 1.54) is 5.69 Å². The number of hydrogen-bond donors (Lipinski definition) is 3. The van der Waals surface area contributed by atoms with Crippen LogP contribution in [0.2, 0.25) is 0 Å². The zero-order chi connectivity index (χ0) is 14.2. The molecule has 0 saturated carbocycles. The summed E-state index contributed by atoms with van der Waals surface area (Å²) >= 11 is 0. The number of rotatable bonds is 7. The molecule has 20 heavy (non-hydrogen) atoms. The Balaban J connectivity index is 2.20. The maximum Gasteiger partial charge on any atom is 0.128 e. The summed E-state index contributed by atoms with van der Waals surface area (Å²) in [6, 6.07) is 2.10. The molecule has 3 N–H and O–H groups in total. The zero-order valence-corrected chi connectivity index (χ0v) is 11.9. The van der Waals surface area contributed by atoms with Crippen molar-refractivity contribution in [1.29, 1.82) is 0 Å². The van der Waals surface area contributed by atoms with Crippen LogP contribution in [0.3, 0.4) is 0 Å². The molecule has 0 unspecified atom stereocenters. The van der Waals surface area contributed by atoms with Crippen LogP contribution in [0.15, 0.2) is 37.6 Å². The molecule has 0 amide bonds. The van der Waals surface area contributed by atoms with Gasteiger partial charge in [-0.15, -0.1) is 13.2 Å². The molecule has 2 rings (SSSR count). The van der Waals surface area contributed by atoms with Crippen molar-refractivity contribution >= 4 is 17.2 Å². The molecule has 0 bridgehead atoms. The smallest absolute Gasteiger partial charge is 0.128 e. The largest absolute Gasteiger partial charge is 0.379 e. The lowest BCUT2D eigenvalue weighted by Gasteiger charge is -2.31. The standard InChI is InChI=1S/C15H23N5/c1-3-5-17-13-12-19-15(18-6-4-2)11-14(13)20-9-7-16-8-10-20/h3-4,11-12,16-17H,1-2,5-10H2,(H,18,19). The molecule has 0 aliphatic carbocycles. The minimum atomic E-state index is 0.716. The molecule has 1 aromatic heterocycles. The van der Waals surface area contributed by atoms with Crippen molar-refractivity contribution in [2.45, 2.75) is 0 Å². The van der Waals surface area contributed by atoms with Crippen molar-refractivity contribution in [2.75, 3.05) is 54.8 Å². The third kappa shape index (κ3) is 3.74. The van der Waals surface area contributed by atoms with Gasteiger partial charge in [-0.25, -0.2) is 4.98 Å². The number of piperazine rings is 1. The van der Waals surface area contributed by atoms with Crippen LogP contribution < -0.4 is 20.9 Å². The Labute approximate surface area is 120 Å². The summed E-state index contributed by atoms with van der Waals surface area (Å²) in [7, 11) is 0. The fraction of sp³-hybridized carbons (Fsp3) is 0.400. The van der Waals surface area contributed by atoms with E-state index in [9.17, 15) is 0 Å². The van der Waals surface area contributed by atoms with Gasteiger partial charge in [-0.3, -0.25) is 0 Å². The summed E-state index contributed by atoms with van der Waals surface area (Å²) in [6.07, 6.45) is 5.56. The SMILES string of the molecule is C=CCNc1cc(N2CCNCC2)c(NCC=C)cn1. The van der Waals surface area contributed by atoms with Gasteiger partial charge in [-0.2, -0.15) is 0 Å². The topological polar surface area (TPSA) is 52.2 Å². The maximum absolute atomic E-state index is 4.43. The van der Waals surface area contributed by atoms with Gasteiger partial charge in [0, 0.05) is 45.3 Å². The van der Waals surface area contributed by atoms with Gasteiger partial charge in [0.2, 0.25) is 0 Å². The zero-order valence-electron chi connectivity index (χ0n) is 11.9. The van der Waals surface area contributed by atoms with E-state index in [0.717, 1.165) is 44.2 Å². The van der Waals surface area contributed by atoms with E-state index in [0.29, 0.717) is 6.54 Å². The second-order valence-corrected chi connectivity index (χ2v) is 4.66. The quantitative estimate of drug-likeness (QED) is 0.660. The van der Waals surface area contributed by atoms with E-state index in [4.69, 9.17) is 0 Å². The fourth-order valence-corrected chi connectivity index (χ4v) is 2.20. The van der Waals surface area contributed by atoms with Gasteiger partial charge in [-0.05, 0) is 0 Å². The van der Waals surface area contributed by atoms with Crippen LogP contribution >= 0.6 is 0 Å². The van der Waals surface area contributed by atoms with Crippen LogP contribution in [-0.4, -0.2) is 44.3 Å². The van der Waals surface area contributed by atoms with Crippen molar-refractivity contribution in [1.82, 2.24) is 10.3 Å². The molecule has 5 heteroatoms. The van der Waals surface area contributed by atoms with Crippen LogP contribution in [0.5, 0.6) is 0 Å². The second-order valence-electron chi connectivity index (χ2n) is 4.66. The van der Waals surface area contributed by atoms with Crippen LogP contribution in [0.25, 0.3) is 0 Å². The average Bonchev–Trinajstić information content (AvgIpc) is 2.52. The Morgan fingerprint density at radius 2 is 1.90 bits per heavy atom. The first-order valence-electron chi connectivity index (χ1n) is 7.00. The van der Waals surface area contributed by atoms with E-state index < -0.39 is 0 Å². The Morgan fingerprint density at radius 1 is 1.20 bits per heavy atom. The first-order valence-corrected chi connectivity index (χ1v) is 7.00. The molecule has 1 saturated heterocycles. The van der Waals surface area contributed by atoms with Gasteiger partial charge in [-0.1, -0.05) is 12.2 Å². The molecule has 1 aliphatic rings. The average molecular weight is 273 g/mol. The molecule has 0 aromatic carbocycles. The van der Waals surface area contributed by atoms with Gasteiger partial charge in [0.15, 0.2) is 0 Å². The monoisotopic (exact) mass is 273 g/mol. The normalized spacial score (nSPS) is 14.7. The summed E-state index contributed by atoms with van der Waals surface area (Å²) in [6.45, 7) is 13.0. The lowest BCUT2D eigenvalue weighted by molar-refractivity contribution is 0.589. The Bertz CT molecular complexity index is 452. The van der Waals surface area contributed by atoms with Crippen molar-refractivity contribution in [3.8, 4) is 0 Å². The van der Waals surface area contributed by atoms with Crippen LogP contribution in [-0.2, 0) is 0 Å². The number of nitrogens with one attached hydrogen (secondary N) is 3. The van der Waals surface area contributed by atoms with Crippen molar-refractivity contribution in [2.24, 2.45) is 0 Å². The van der Waals surface area contributed by atoms with Crippen LogP contribution in [0.4, 0.5) is 17.2 Å².